The van der Waals surface area contributed by atoms with Gasteiger partial charge in [-0.05, 0) is 44.9 Å². The molecule has 0 unspecified atom stereocenters. The first-order valence-corrected chi connectivity index (χ1v) is 5.79. The highest BCUT2D eigenvalue weighted by Gasteiger charge is 2.21. The van der Waals surface area contributed by atoms with E-state index >= 15 is 0 Å². The maximum Gasteiger partial charge on any atom is 0.309 e. The van der Waals surface area contributed by atoms with E-state index in [1.807, 2.05) is 39.8 Å². The molecule has 1 N–H and O–H groups in total. The van der Waals surface area contributed by atoms with Gasteiger partial charge in [0.1, 0.15) is 11.4 Å². The van der Waals surface area contributed by atoms with Crippen LogP contribution in [0.4, 0.5) is 0 Å². The van der Waals surface area contributed by atoms with Gasteiger partial charge in [-0.25, -0.2) is 0 Å². The van der Waals surface area contributed by atoms with E-state index in [0.29, 0.717) is 6.42 Å². The normalized spacial score (nSPS) is 13.2. The summed E-state index contributed by atoms with van der Waals surface area (Å²) < 4.78 is 5.31. The zero-order chi connectivity index (χ0) is 13.1. The Balaban J connectivity index is 2.57. The summed E-state index contributed by atoms with van der Waals surface area (Å²) in [7, 11) is 0. The molecule has 0 fully saturated rings. The van der Waals surface area contributed by atoms with E-state index in [9.17, 15) is 4.79 Å². The number of phenolic OH excluding ortho intramolecular Hbond substituents is 1. The van der Waals surface area contributed by atoms with Crippen LogP contribution in [-0.2, 0) is 16.0 Å². The van der Waals surface area contributed by atoms with Gasteiger partial charge < -0.3 is 9.84 Å². The van der Waals surface area contributed by atoms with Crippen molar-refractivity contribution in [1.82, 2.24) is 0 Å². The fraction of sp³-hybridized carbons (Fsp3) is 0.500. The molecule has 0 saturated heterocycles. The Morgan fingerprint density at radius 2 is 1.82 bits per heavy atom. The minimum absolute atomic E-state index is 0.182. The third-order valence-electron chi connectivity index (χ3n) is 2.29. The summed E-state index contributed by atoms with van der Waals surface area (Å²) in [5, 5.41) is 9.16. The van der Waals surface area contributed by atoms with Crippen LogP contribution < -0.4 is 0 Å². The van der Waals surface area contributed by atoms with E-state index < -0.39 is 5.60 Å². The fourth-order valence-corrected chi connectivity index (χ4v) is 1.47. The number of rotatable bonds is 3. The lowest BCUT2D eigenvalue weighted by molar-refractivity contribution is -0.159. The number of hydrogen-bond donors (Lipinski definition) is 1. The van der Waals surface area contributed by atoms with Gasteiger partial charge in [0.2, 0.25) is 0 Å². The highest BCUT2D eigenvalue weighted by atomic mass is 16.6. The Hall–Kier alpha value is -1.51. The molecular weight excluding hydrogens is 216 g/mol. The molecular formula is C14H20O3. The van der Waals surface area contributed by atoms with Crippen LogP contribution in [0.2, 0.25) is 0 Å². The fourth-order valence-electron chi connectivity index (χ4n) is 1.47. The Bertz CT molecular complexity index is 373. The number of hydrogen-bond acceptors (Lipinski definition) is 3. The van der Waals surface area contributed by atoms with Gasteiger partial charge in [-0.1, -0.05) is 19.1 Å². The van der Waals surface area contributed by atoms with Crippen molar-refractivity contribution >= 4 is 5.97 Å². The SMILES string of the molecule is C[C@@H](Cc1ccc(O)cc1)C(=O)OC(C)(C)C. The minimum atomic E-state index is -0.444. The van der Waals surface area contributed by atoms with Crippen molar-refractivity contribution in [2.24, 2.45) is 5.92 Å². The lowest BCUT2D eigenvalue weighted by Crippen LogP contribution is -2.28. The average molecular weight is 236 g/mol. The number of phenols is 1. The first-order valence-electron chi connectivity index (χ1n) is 5.79. The molecule has 0 heterocycles. The van der Waals surface area contributed by atoms with Gasteiger partial charge in [0, 0.05) is 0 Å². The van der Waals surface area contributed by atoms with E-state index in [4.69, 9.17) is 9.84 Å². The smallest absolute Gasteiger partial charge is 0.309 e. The maximum absolute atomic E-state index is 11.8. The van der Waals surface area contributed by atoms with Gasteiger partial charge in [-0.2, -0.15) is 0 Å². The van der Waals surface area contributed by atoms with E-state index in [1.54, 1.807) is 12.1 Å². The monoisotopic (exact) mass is 236 g/mol. The number of esters is 1. The van der Waals surface area contributed by atoms with Crippen molar-refractivity contribution in [3.8, 4) is 5.75 Å². The van der Waals surface area contributed by atoms with Crippen molar-refractivity contribution in [3.05, 3.63) is 29.8 Å². The molecule has 1 rings (SSSR count). The lowest BCUT2D eigenvalue weighted by Gasteiger charge is -2.22. The molecule has 17 heavy (non-hydrogen) atoms. The third kappa shape index (κ3) is 4.89. The Morgan fingerprint density at radius 3 is 2.29 bits per heavy atom. The predicted molar refractivity (Wildman–Crippen MR) is 66.8 cm³/mol. The minimum Gasteiger partial charge on any atom is -0.508 e. The topological polar surface area (TPSA) is 46.5 Å². The van der Waals surface area contributed by atoms with Gasteiger partial charge in [0.05, 0.1) is 5.92 Å². The van der Waals surface area contributed by atoms with Crippen LogP contribution in [0.15, 0.2) is 24.3 Å². The van der Waals surface area contributed by atoms with Crippen molar-refractivity contribution in [3.63, 3.8) is 0 Å². The molecule has 0 radical (unpaired) electrons. The summed E-state index contributed by atoms with van der Waals surface area (Å²) in [4.78, 5) is 11.8. The first-order chi connectivity index (χ1) is 7.78. The van der Waals surface area contributed by atoms with Gasteiger partial charge in [-0.3, -0.25) is 4.79 Å². The van der Waals surface area contributed by atoms with Crippen LogP contribution in [0.5, 0.6) is 5.75 Å². The van der Waals surface area contributed by atoms with E-state index in [1.165, 1.54) is 0 Å². The molecule has 3 nitrogen and oxygen atoms in total. The number of carbonyl (C=O) groups excluding carboxylic acids is 1. The second kappa shape index (κ2) is 5.21. The van der Waals surface area contributed by atoms with Gasteiger partial charge >= 0.3 is 5.97 Å². The molecule has 1 atom stereocenters. The van der Waals surface area contributed by atoms with E-state index in [2.05, 4.69) is 0 Å². The summed E-state index contributed by atoms with van der Waals surface area (Å²) in [6, 6.07) is 6.88. The van der Waals surface area contributed by atoms with E-state index in [-0.39, 0.29) is 17.6 Å². The standard InChI is InChI=1S/C14H20O3/c1-10(13(16)17-14(2,3)4)9-11-5-7-12(15)8-6-11/h5-8,10,15H,9H2,1-4H3/t10-/m0/s1. The van der Waals surface area contributed by atoms with Crippen molar-refractivity contribution in [2.45, 2.75) is 39.7 Å². The van der Waals surface area contributed by atoms with Crippen molar-refractivity contribution in [1.29, 1.82) is 0 Å². The number of benzene rings is 1. The maximum atomic E-state index is 11.8. The average Bonchev–Trinajstić information content (AvgIpc) is 2.19. The Labute approximate surface area is 102 Å². The van der Waals surface area contributed by atoms with Crippen LogP contribution in [0.25, 0.3) is 0 Å². The van der Waals surface area contributed by atoms with Crippen LogP contribution in [0, 0.1) is 5.92 Å². The predicted octanol–water partition coefficient (Wildman–Crippen LogP) is 2.91. The summed E-state index contributed by atoms with van der Waals surface area (Å²) in [6.45, 7) is 7.43. The van der Waals surface area contributed by atoms with Crippen LogP contribution in [-0.4, -0.2) is 16.7 Å². The molecule has 0 saturated carbocycles. The highest BCUT2D eigenvalue weighted by molar-refractivity contribution is 5.72. The lowest BCUT2D eigenvalue weighted by atomic mass is 10.0. The molecule has 3 heteroatoms. The Kier molecular flexibility index (Phi) is 4.16. The summed E-state index contributed by atoms with van der Waals surface area (Å²) in [6.07, 6.45) is 0.620. The highest BCUT2D eigenvalue weighted by Crippen LogP contribution is 2.17. The zero-order valence-electron chi connectivity index (χ0n) is 10.9. The van der Waals surface area contributed by atoms with Crippen molar-refractivity contribution < 1.29 is 14.6 Å². The second-order valence-electron chi connectivity index (χ2n) is 5.31. The number of carbonyl (C=O) groups is 1. The van der Waals surface area contributed by atoms with Crippen LogP contribution in [0.1, 0.15) is 33.3 Å². The quantitative estimate of drug-likeness (QED) is 0.821. The largest absolute Gasteiger partial charge is 0.508 e. The molecule has 1 aromatic rings. The Morgan fingerprint density at radius 1 is 1.29 bits per heavy atom. The molecule has 0 bridgehead atoms. The number of aromatic hydroxyl groups is 1. The molecule has 0 aromatic heterocycles. The van der Waals surface area contributed by atoms with Gasteiger partial charge in [0.25, 0.3) is 0 Å². The zero-order valence-corrected chi connectivity index (χ0v) is 10.9. The van der Waals surface area contributed by atoms with Gasteiger partial charge in [0.15, 0.2) is 0 Å². The molecule has 0 spiro atoms. The molecule has 1 aromatic carbocycles. The van der Waals surface area contributed by atoms with Crippen LogP contribution in [0.3, 0.4) is 0 Å². The van der Waals surface area contributed by atoms with Crippen LogP contribution >= 0.6 is 0 Å². The number of ether oxygens (including phenoxy) is 1. The summed E-state index contributed by atoms with van der Waals surface area (Å²) >= 11 is 0. The molecule has 0 aliphatic rings. The third-order valence-corrected chi connectivity index (χ3v) is 2.29. The first kappa shape index (κ1) is 13.6. The summed E-state index contributed by atoms with van der Waals surface area (Å²) in [5.41, 5.74) is 0.571. The summed E-state index contributed by atoms with van der Waals surface area (Å²) in [5.74, 6) is -0.136. The second-order valence-corrected chi connectivity index (χ2v) is 5.31. The van der Waals surface area contributed by atoms with Crippen molar-refractivity contribution in [2.75, 3.05) is 0 Å². The molecule has 0 amide bonds. The molecule has 94 valence electrons. The molecule has 0 aliphatic heterocycles. The van der Waals surface area contributed by atoms with E-state index in [0.717, 1.165) is 5.56 Å². The molecule has 0 aliphatic carbocycles. The van der Waals surface area contributed by atoms with Gasteiger partial charge in [-0.15, -0.1) is 0 Å².